The Morgan fingerprint density at radius 3 is 1.38 bits per heavy atom. The molecule has 4 aromatic rings. The maximum absolute atomic E-state index is 9.59. The molecular weight excluding hydrogens is 551 g/mol. The van der Waals surface area contributed by atoms with E-state index in [1.165, 1.54) is 23.5 Å². The summed E-state index contributed by atoms with van der Waals surface area (Å²) in [5, 5.41) is 20.5. The minimum Gasteiger partial charge on any atom is -0.497 e. The molecule has 0 amide bonds. The van der Waals surface area contributed by atoms with Gasteiger partial charge in [0.05, 0.1) is 30.7 Å². The number of halogens is 2. The fourth-order valence-electron chi connectivity index (χ4n) is 3.21. The minimum absolute atomic E-state index is 0.0651. The van der Waals surface area contributed by atoms with Crippen LogP contribution in [0.1, 0.15) is 11.1 Å². The minimum atomic E-state index is 0.0651. The predicted molar refractivity (Wildman–Crippen MR) is 144 cm³/mol. The molecule has 0 spiro atoms. The quantitative estimate of drug-likeness (QED) is 0.101. The number of nitriles is 2. The molecule has 0 atom stereocenters. The van der Waals surface area contributed by atoms with Gasteiger partial charge in [-0.15, -0.1) is 0 Å². The molecule has 2 heterocycles. The average Bonchev–Trinajstić information content (AvgIpc) is 2.92. The van der Waals surface area contributed by atoms with Crippen LogP contribution < -0.4 is 9.47 Å². The van der Waals surface area contributed by atoms with Crippen molar-refractivity contribution in [3.63, 3.8) is 0 Å². The summed E-state index contributed by atoms with van der Waals surface area (Å²) in [6.45, 7) is 0. The zero-order valence-electron chi connectivity index (χ0n) is 19.4. The Hall–Kier alpha value is -3.54. The van der Waals surface area contributed by atoms with Gasteiger partial charge < -0.3 is 9.47 Å². The van der Waals surface area contributed by atoms with E-state index in [4.69, 9.17) is 32.7 Å². The molecule has 0 aliphatic heterocycles. The molecule has 0 saturated heterocycles. The first-order valence-electron chi connectivity index (χ1n) is 10.5. The molecule has 0 aliphatic rings. The third-order valence-corrected chi connectivity index (χ3v) is 7.39. The molecule has 0 fully saturated rings. The van der Waals surface area contributed by atoms with E-state index in [1.54, 1.807) is 62.8 Å². The molecule has 0 aliphatic carbocycles. The summed E-state index contributed by atoms with van der Waals surface area (Å²) in [6, 6.07) is 18.5. The highest BCUT2D eigenvalue weighted by Crippen LogP contribution is 2.34. The van der Waals surface area contributed by atoms with Crippen LogP contribution >= 0.6 is 46.7 Å². The summed E-state index contributed by atoms with van der Waals surface area (Å²) in [5.41, 5.74) is 2.66. The molecule has 4 rings (SSSR count). The zero-order chi connectivity index (χ0) is 26.4. The number of hydrogen-bond acceptors (Lipinski definition) is 10. The van der Waals surface area contributed by atoms with E-state index in [2.05, 4.69) is 32.1 Å². The van der Waals surface area contributed by atoms with Gasteiger partial charge in [0, 0.05) is 11.1 Å². The Kier molecular flexibility index (Phi) is 8.70. The van der Waals surface area contributed by atoms with Crippen LogP contribution in [0.4, 0.5) is 0 Å². The lowest BCUT2D eigenvalue weighted by molar-refractivity contribution is 0.415. The van der Waals surface area contributed by atoms with E-state index in [-0.39, 0.29) is 21.4 Å². The summed E-state index contributed by atoms with van der Waals surface area (Å²) in [6.07, 6.45) is 0. The number of methoxy groups -OCH3 is 2. The molecule has 0 radical (unpaired) electrons. The van der Waals surface area contributed by atoms with Gasteiger partial charge in [-0.05, 0) is 48.5 Å². The van der Waals surface area contributed by atoms with Gasteiger partial charge in [0.1, 0.15) is 34.8 Å². The molecule has 0 saturated carbocycles. The van der Waals surface area contributed by atoms with Gasteiger partial charge in [0.15, 0.2) is 20.6 Å². The number of benzene rings is 2. The SMILES string of the molecule is COc1ccc(-c2nc(SCSc3nc(Cl)c(C#N)c(-c4ccc(OC)cc4)n3)nc(Cl)c2C#N)cc1. The van der Waals surface area contributed by atoms with E-state index in [0.29, 0.717) is 49.4 Å². The standard InChI is InChI=1S/C25H16Cl2N6O2S2/c1-34-16-7-3-14(4-8-16)20-18(11-28)22(26)32-24(30-20)36-13-37-25-31-21(19(12-29)23(27)33-25)15-5-9-17(35-2)10-6-15/h3-10H,13H2,1-2H3. The van der Waals surface area contributed by atoms with Gasteiger partial charge in [0.2, 0.25) is 0 Å². The first-order chi connectivity index (χ1) is 18.0. The fraction of sp³-hybridized carbons (Fsp3) is 0.120. The van der Waals surface area contributed by atoms with E-state index in [1.807, 2.05) is 0 Å². The van der Waals surface area contributed by atoms with Crippen molar-refractivity contribution in [2.24, 2.45) is 0 Å². The highest BCUT2D eigenvalue weighted by Gasteiger charge is 2.18. The summed E-state index contributed by atoms with van der Waals surface area (Å²) in [7, 11) is 3.16. The number of nitrogens with zero attached hydrogens (tertiary/aromatic N) is 6. The smallest absolute Gasteiger partial charge is 0.190 e. The first-order valence-corrected chi connectivity index (χ1v) is 13.2. The average molecular weight is 567 g/mol. The van der Waals surface area contributed by atoms with Gasteiger partial charge in [-0.2, -0.15) is 10.5 Å². The Balaban J connectivity index is 1.56. The van der Waals surface area contributed by atoms with Crippen LogP contribution in [0.25, 0.3) is 22.5 Å². The number of ether oxygens (including phenoxy) is 2. The monoisotopic (exact) mass is 566 g/mol. The van der Waals surface area contributed by atoms with Crippen molar-refractivity contribution in [2.75, 3.05) is 19.3 Å². The number of thioether (sulfide) groups is 2. The lowest BCUT2D eigenvalue weighted by Gasteiger charge is -2.10. The van der Waals surface area contributed by atoms with Crippen molar-refractivity contribution in [3.05, 3.63) is 70.0 Å². The van der Waals surface area contributed by atoms with Crippen molar-refractivity contribution < 1.29 is 9.47 Å². The largest absolute Gasteiger partial charge is 0.497 e. The lowest BCUT2D eigenvalue weighted by atomic mass is 10.1. The van der Waals surface area contributed by atoms with Crippen LogP contribution in [0.3, 0.4) is 0 Å². The second kappa shape index (κ2) is 12.1. The van der Waals surface area contributed by atoms with Crippen LogP contribution in [-0.2, 0) is 0 Å². The van der Waals surface area contributed by atoms with Crippen LogP contribution in [0, 0.1) is 22.7 Å². The van der Waals surface area contributed by atoms with Crippen molar-refractivity contribution in [2.45, 2.75) is 10.3 Å². The Morgan fingerprint density at radius 1 is 0.676 bits per heavy atom. The molecule has 184 valence electrons. The maximum atomic E-state index is 9.59. The van der Waals surface area contributed by atoms with Crippen LogP contribution in [0.15, 0.2) is 58.8 Å². The van der Waals surface area contributed by atoms with E-state index < -0.39 is 0 Å². The summed E-state index contributed by atoms with van der Waals surface area (Å²) in [5.74, 6) is 1.37. The molecule has 8 nitrogen and oxygen atoms in total. The van der Waals surface area contributed by atoms with Crippen molar-refractivity contribution in [1.82, 2.24) is 19.9 Å². The van der Waals surface area contributed by atoms with Crippen molar-refractivity contribution in [1.29, 1.82) is 10.5 Å². The number of hydrogen-bond donors (Lipinski definition) is 0. The maximum Gasteiger partial charge on any atom is 0.190 e. The van der Waals surface area contributed by atoms with Crippen LogP contribution in [0.5, 0.6) is 11.5 Å². The molecule has 2 aromatic carbocycles. The molecule has 2 aromatic heterocycles. The molecule has 0 bridgehead atoms. The van der Waals surface area contributed by atoms with Crippen molar-refractivity contribution in [3.8, 4) is 46.2 Å². The second-order valence-electron chi connectivity index (χ2n) is 7.13. The molecule has 0 unspecified atom stereocenters. The Bertz CT molecular complexity index is 1410. The predicted octanol–water partition coefficient (Wildman–Crippen LogP) is 6.51. The van der Waals surface area contributed by atoms with Crippen molar-refractivity contribution >= 4 is 46.7 Å². The fourth-order valence-corrected chi connectivity index (χ4v) is 5.43. The highest BCUT2D eigenvalue weighted by molar-refractivity contribution is 8.15. The van der Waals surface area contributed by atoms with E-state index >= 15 is 0 Å². The summed E-state index contributed by atoms with van der Waals surface area (Å²) < 4.78 is 10.4. The number of rotatable bonds is 8. The van der Waals surface area contributed by atoms with E-state index in [9.17, 15) is 10.5 Å². The van der Waals surface area contributed by atoms with E-state index in [0.717, 1.165) is 0 Å². The Morgan fingerprint density at radius 2 is 1.05 bits per heavy atom. The Labute approximate surface area is 231 Å². The third kappa shape index (κ3) is 6.07. The normalized spacial score (nSPS) is 10.4. The summed E-state index contributed by atoms with van der Waals surface area (Å²) >= 11 is 15.2. The molecule has 12 heteroatoms. The summed E-state index contributed by atoms with van der Waals surface area (Å²) in [4.78, 5) is 17.6. The van der Waals surface area contributed by atoms with Gasteiger partial charge in [-0.3, -0.25) is 0 Å². The zero-order valence-corrected chi connectivity index (χ0v) is 22.5. The molecule has 37 heavy (non-hydrogen) atoms. The number of aromatic nitrogens is 4. The third-order valence-electron chi connectivity index (χ3n) is 5.02. The van der Waals surface area contributed by atoms with Gasteiger partial charge in [-0.1, -0.05) is 46.7 Å². The lowest BCUT2D eigenvalue weighted by Crippen LogP contribution is -1.99. The molecular formula is C25H16Cl2N6O2S2. The first kappa shape index (κ1) is 26.5. The van der Waals surface area contributed by atoms with Crippen LogP contribution in [0.2, 0.25) is 10.3 Å². The van der Waals surface area contributed by atoms with Gasteiger partial charge in [-0.25, -0.2) is 19.9 Å². The second-order valence-corrected chi connectivity index (χ2v) is 10.1. The van der Waals surface area contributed by atoms with Crippen LogP contribution in [-0.4, -0.2) is 39.2 Å². The van der Waals surface area contributed by atoms with Gasteiger partial charge in [0.25, 0.3) is 0 Å². The molecule has 0 N–H and O–H groups in total. The highest BCUT2D eigenvalue weighted by atomic mass is 35.5. The van der Waals surface area contributed by atoms with Gasteiger partial charge >= 0.3 is 0 Å². The topological polar surface area (TPSA) is 118 Å².